The van der Waals surface area contributed by atoms with Crippen LogP contribution >= 0.6 is 0 Å². The number of amides is 2. The Bertz CT molecular complexity index is 972. The largest absolute Gasteiger partial charge is 0.480 e. The Labute approximate surface area is 295 Å². The molecule has 23 nitrogen and oxygen atoms in total. The Balaban J connectivity index is -0.000000119. The third-order valence-corrected chi connectivity index (χ3v) is 5.83. The van der Waals surface area contributed by atoms with E-state index in [2.05, 4.69) is 11.5 Å². The average Bonchev–Trinajstić information content (AvgIpc) is 2.99. The van der Waals surface area contributed by atoms with Crippen LogP contribution in [0.3, 0.4) is 0 Å². The molecule has 0 aromatic rings. The number of carbonyl (C=O) groups excluding carboxylic acids is 2. The summed E-state index contributed by atoms with van der Waals surface area (Å²) in [6.45, 7) is 12.2. The first-order chi connectivity index (χ1) is 22.8. The molecule has 2 amide bonds. The normalized spacial score (nSPS) is 14.5. The van der Waals surface area contributed by atoms with E-state index in [1.165, 1.54) is 6.92 Å². The van der Waals surface area contributed by atoms with Crippen LogP contribution in [0.5, 0.6) is 0 Å². The molecule has 0 aliphatic heterocycles. The summed E-state index contributed by atoms with van der Waals surface area (Å²) in [5.74, 6) is -7.68. The van der Waals surface area contributed by atoms with E-state index in [-0.39, 0.29) is 30.6 Å². The molecular weight excluding hydrogens is 688 g/mol. The third-order valence-electron chi connectivity index (χ3n) is 5.83. The molecule has 0 saturated carbocycles. The highest BCUT2D eigenvalue weighted by atomic mass is 16.4. The van der Waals surface area contributed by atoms with Gasteiger partial charge in [0.25, 0.3) is 0 Å². The summed E-state index contributed by atoms with van der Waals surface area (Å²) in [5, 5.41) is 57.6. The van der Waals surface area contributed by atoms with Crippen molar-refractivity contribution in [3.8, 4) is 0 Å². The standard InChI is InChI=1S/C6H13NO2.2C5H11NO2.2C4H8N2O3.C4H9NO3/c1-3-4(2)5(7)6(8)9;2*1-3(2)4(6)5(7)8;2*5-2(4(8)9)1-3(6)7;1-2(6)3(5)4(7)8/h4-5H,3,7H2,1-2H3,(H,8,9);2*3-4H,6H2,1-2H3,(H,7,8);2*2H,1,5H2,(H2,6,7)(H,8,9);2-3,6H,5H2,1H3,(H,7,8). The molecule has 302 valence electrons. The molecule has 0 spiro atoms. The number of carboxylic acid groups (broad SMARTS) is 6. The Morgan fingerprint density at radius 3 is 0.725 bits per heavy atom. The van der Waals surface area contributed by atoms with Crippen molar-refractivity contribution in [3.05, 3.63) is 0 Å². The number of aliphatic hydroxyl groups is 1. The summed E-state index contributed by atoms with van der Waals surface area (Å²) < 4.78 is 0. The van der Waals surface area contributed by atoms with Crippen LogP contribution in [0.25, 0.3) is 0 Å². The van der Waals surface area contributed by atoms with Crippen molar-refractivity contribution in [1.29, 1.82) is 0 Å². The van der Waals surface area contributed by atoms with Gasteiger partial charge < -0.3 is 81.6 Å². The summed E-state index contributed by atoms with van der Waals surface area (Å²) in [7, 11) is 0. The topological polar surface area (TPSA) is 486 Å². The van der Waals surface area contributed by atoms with E-state index in [1.807, 2.05) is 13.8 Å². The van der Waals surface area contributed by atoms with E-state index in [9.17, 15) is 38.4 Å². The molecule has 8 atom stereocenters. The van der Waals surface area contributed by atoms with Crippen LogP contribution in [0.4, 0.5) is 0 Å². The van der Waals surface area contributed by atoms with Crippen molar-refractivity contribution in [2.45, 2.75) is 110 Å². The molecule has 0 aliphatic rings. The lowest BCUT2D eigenvalue weighted by Gasteiger charge is -2.11. The number of aliphatic carboxylic acids is 6. The molecule has 0 aromatic carbocycles. The highest BCUT2D eigenvalue weighted by Crippen LogP contribution is 2.04. The molecule has 23 N–H and O–H groups in total. The van der Waals surface area contributed by atoms with Crippen molar-refractivity contribution in [2.75, 3.05) is 0 Å². The number of hydrogen-bond donors (Lipinski definition) is 15. The van der Waals surface area contributed by atoms with E-state index in [1.54, 1.807) is 27.7 Å². The fourth-order valence-corrected chi connectivity index (χ4v) is 1.88. The van der Waals surface area contributed by atoms with Gasteiger partial charge in [-0.1, -0.05) is 48.0 Å². The van der Waals surface area contributed by atoms with E-state index in [0.717, 1.165) is 6.42 Å². The van der Waals surface area contributed by atoms with Gasteiger partial charge >= 0.3 is 35.8 Å². The molecule has 0 radical (unpaired) electrons. The highest BCUT2D eigenvalue weighted by Gasteiger charge is 2.18. The fourth-order valence-electron chi connectivity index (χ4n) is 1.88. The minimum absolute atomic E-state index is 0.0208. The SMILES string of the molecule is CC(C)C(N)C(=O)O.CC(C)C(N)C(=O)O.CC(O)C(N)C(=O)O.CCC(C)C(N)C(=O)O.NC(=O)CC(N)C(=O)O.NC(=O)CC(N)C(=O)O. The van der Waals surface area contributed by atoms with Gasteiger partial charge in [-0.05, 0) is 24.7 Å². The van der Waals surface area contributed by atoms with Crippen LogP contribution in [0.1, 0.15) is 67.7 Å². The van der Waals surface area contributed by atoms with E-state index < -0.39 is 90.0 Å². The summed E-state index contributed by atoms with van der Waals surface area (Å²) >= 11 is 0. The summed E-state index contributed by atoms with van der Waals surface area (Å²) in [5.41, 5.74) is 39.6. The van der Waals surface area contributed by atoms with Crippen LogP contribution in [-0.4, -0.2) is 126 Å². The van der Waals surface area contributed by atoms with Gasteiger partial charge in [0.1, 0.15) is 36.3 Å². The number of carbonyl (C=O) groups is 8. The van der Waals surface area contributed by atoms with E-state index in [0.29, 0.717) is 0 Å². The first-order valence-corrected chi connectivity index (χ1v) is 15.0. The van der Waals surface area contributed by atoms with Gasteiger partial charge in [0.15, 0.2) is 0 Å². The Morgan fingerprint density at radius 2 is 0.686 bits per heavy atom. The van der Waals surface area contributed by atoms with Gasteiger partial charge in [-0.3, -0.25) is 38.4 Å². The first kappa shape index (κ1) is 58.7. The molecule has 51 heavy (non-hydrogen) atoms. The number of nitrogens with two attached hydrogens (primary N) is 8. The molecule has 0 bridgehead atoms. The lowest BCUT2D eigenvalue weighted by atomic mass is 10.0. The van der Waals surface area contributed by atoms with Crippen molar-refractivity contribution in [1.82, 2.24) is 0 Å². The van der Waals surface area contributed by atoms with E-state index >= 15 is 0 Å². The predicted octanol–water partition coefficient (Wildman–Crippen LogP) is -4.12. The molecule has 0 fully saturated rings. The zero-order valence-corrected chi connectivity index (χ0v) is 29.9. The summed E-state index contributed by atoms with van der Waals surface area (Å²) in [4.78, 5) is 79.9. The highest BCUT2D eigenvalue weighted by molar-refractivity contribution is 5.83. The van der Waals surface area contributed by atoms with Crippen LogP contribution < -0.4 is 45.9 Å². The zero-order chi connectivity index (χ0) is 42.5. The molecule has 23 heteroatoms. The van der Waals surface area contributed by atoms with Crippen molar-refractivity contribution in [2.24, 2.45) is 63.6 Å². The molecule has 8 unspecified atom stereocenters. The number of hydrogen-bond acceptors (Lipinski definition) is 15. The Hall–Kier alpha value is -4.52. The Kier molecular flexibility index (Phi) is 37.6. The van der Waals surface area contributed by atoms with Crippen LogP contribution in [0.2, 0.25) is 0 Å². The molecule has 0 heterocycles. The summed E-state index contributed by atoms with van der Waals surface area (Å²) in [6, 6.07) is -5.61. The molecule has 0 aromatic heterocycles. The van der Waals surface area contributed by atoms with Gasteiger partial charge in [0.05, 0.1) is 18.9 Å². The molecule has 0 saturated heterocycles. The fraction of sp³-hybridized carbons (Fsp3) is 0.714. The van der Waals surface area contributed by atoms with Crippen LogP contribution in [0, 0.1) is 17.8 Å². The number of primary amides is 2. The average molecular weight is 749 g/mol. The molecule has 0 aliphatic carbocycles. The second kappa shape index (κ2) is 32.7. The predicted molar refractivity (Wildman–Crippen MR) is 182 cm³/mol. The van der Waals surface area contributed by atoms with E-state index in [4.69, 9.17) is 70.1 Å². The number of carboxylic acids is 6. The van der Waals surface area contributed by atoms with Crippen molar-refractivity contribution >= 4 is 47.6 Å². The molecular formula is C28H60N8O15. The van der Waals surface area contributed by atoms with Gasteiger partial charge in [0, 0.05) is 0 Å². The maximum Gasteiger partial charge on any atom is 0.323 e. The smallest absolute Gasteiger partial charge is 0.323 e. The minimum Gasteiger partial charge on any atom is -0.480 e. The summed E-state index contributed by atoms with van der Waals surface area (Å²) in [6.07, 6.45) is -0.787. The molecule has 0 rings (SSSR count). The van der Waals surface area contributed by atoms with Crippen LogP contribution in [-0.2, 0) is 38.4 Å². The maximum atomic E-state index is 10.2. The zero-order valence-electron chi connectivity index (χ0n) is 29.9. The second-order valence-electron chi connectivity index (χ2n) is 11.3. The lowest BCUT2D eigenvalue weighted by molar-refractivity contribution is -0.141. The van der Waals surface area contributed by atoms with Gasteiger partial charge in [-0.25, -0.2) is 0 Å². The monoisotopic (exact) mass is 748 g/mol. The third kappa shape index (κ3) is 41.6. The number of rotatable bonds is 15. The first-order valence-electron chi connectivity index (χ1n) is 15.0. The maximum absolute atomic E-state index is 10.2. The lowest BCUT2D eigenvalue weighted by Crippen LogP contribution is -2.39. The minimum atomic E-state index is -1.21. The van der Waals surface area contributed by atoms with Crippen molar-refractivity contribution < 1.29 is 74.1 Å². The van der Waals surface area contributed by atoms with Gasteiger partial charge in [-0.15, -0.1) is 0 Å². The van der Waals surface area contributed by atoms with Gasteiger partial charge in [0.2, 0.25) is 11.8 Å². The second-order valence-corrected chi connectivity index (χ2v) is 11.3. The van der Waals surface area contributed by atoms with Crippen molar-refractivity contribution in [3.63, 3.8) is 0 Å². The van der Waals surface area contributed by atoms with Crippen LogP contribution in [0.15, 0.2) is 0 Å². The van der Waals surface area contributed by atoms with Gasteiger partial charge in [-0.2, -0.15) is 0 Å². The Morgan fingerprint density at radius 1 is 0.451 bits per heavy atom. The number of aliphatic hydroxyl groups excluding tert-OH is 1. The quantitative estimate of drug-likeness (QED) is 0.0756.